The summed E-state index contributed by atoms with van der Waals surface area (Å²) in [4.78, 5) is 14.1. The molecule has 162 valence electrons. The van der Waals surface area contributed by atoms with E-state index < -0.39 is 0 Å². The molecule has 28 heavy (non-hydrogen) atoms. The van der Waals surface area contributed by atoms with Gasteiger partial charge in [-0.15, -0.1) is 0 Å². The summed E-state index contributed by atoms with van der Waals surface area (Å²) in [6.07, 6.45) is 17.6. The third kappa shape index (κ3) is 7.67. The Bertz CT molecular complexity index is 433. The maximum Gasteiger partial charge on any atom is 0.306 e. The van der Waals surface area contributed by atoms with E-state index in [9.17, 15) is 4.79 Å². The van der Waals surface area contributed by atoms with Crippen LogP contribution in [0.4, 0.5) is 0 Å². The summed E-state index contributed by atoms with van der Waals surface area (Å²) in [5.41, 5.74) is 0. The van der Waals surface area contributed by atoms with Gasteiger partial charge in [0.05, 0.1) is 19.3 Å². The van der Waals surface area contributed by atoms with Crippen LogP contribution in [0.5, 0.6) is 0 Å². The molecule has 0 aromatic carbocycles. The van der Waals surface area contributed by atoms with Gasteiger partial charge in [-0.05, 0) is 82.7 Å². The van der Waals surface area contributed by atoms with Crippen LogP contribution in [0.2, 0.25) is 0 Å². The molecule has 0 unspecified atom stereocenters. The summed E-state index contributed by atoms with van der Waals surface area (Å²) < 4.78 is 11.3. The van der Waals surface area contributed by atoms with Gasteiger partial charge < -0.3 is 14.4 Å². The largest absolute Gasteiger partial charge is 0.466 e. The molecule has 0 spiro atoms. The Morgan fingerprint density at radius 3 is 2.21 bits per heavy atom. The van der Waals surface area contributed by atoms with Crippen molar-refractivity contribution in [3.05, 3.63) is 0 Å². The molecule has 0 amide bonds. The van der Waals surface area contributed by atoms with Crippen molar-refractivity contribution in [1.29, 1.82) is 0 Å². The average Bonchev–Trinajstić information content (AvgIpc) is 2.72. The zero-order valence-corrected chi connectivity index (χ0v) is 18.2. The standard InChI is InChI=1S/C24H43NO3/c1-2-27-24(26)19-22-12-14-25(15-13-22)16-17-28-23-10-8-21(9-11-23)18-20-6-4-3-5-7-20/h20-23H,2-19H2,1H3. The Morgan fingerprint density at radius 2 is 1.54 bits per heavy atom. The molecule has 4 heteroatoms. The zero-order chi connectivity index (χ0) is 19.6. The van der Waals surface area contributed by atoms with E-state index in [0.717, 1.165) is 50.9 Å². The minimum absolute atomic E-state index is 0.0247. The second-order valence-electron chi connectivity index (χ2n) is 9.55. The first-order chi connectivity index (χ1) is 13.7. The number of rotatable bonds is 9. The highest BCUT2D eigenvalue weighted by molar-refractivity contribution is 5.69. The zero-order valence-electron chi connectivity index (χ0n) is 18.2. The molecule has 1 saturated heterocycles. The summed E-state index contributed by atoms with van der Waals surface area (Å²) in [5, 5.41) is 0. The molecule has 0 atom stereocenters. The van der Waals surface area contributed by atoms with Gasteiger partial charge in [-0.1, -0.05) is 32.1 Å². The number of carbonyl (C=O) groups excluding carboxylic acids is 1. The number of nitrogens with zero attached hydrogens (tertiary/aromatic N) is 1. The Morgan fingerprint density at radius 1 is 0.857 bits per heavy atom. The first kappa shape index (κ1) is 22.1. The maximum atomic E-state index is 11.6. The predicted molar refractivity (Wildman–Crippen MR) is 113 cm³/mol. The molecule has 0 radical (unpaired) electrons. The number of hydrogen-bond donors (Lipinski definition) is 0. The van der Waals surface area contributed by atoms with E-state index in [1.165, 1.54) is 64.2 Å². The molecule has 1 aliphatic heterocycles. The van der Waals surface area contributed by atoms with Gasteiger partial charge >= 0.3 is 5.97 Å². The summed E-state index contributed by atoms with van der Waals surface area (Å²) in [7, 11) is 0. The van der Waals surface area contributed by atoms with Crippen molar-refractivity contribution in [2.45, 2.75) is 96.5 Å². The molecule has 2 aliphatic carbocycles. The van der Waals surface area contributed by atoms with E-state index in [-0.39, 0.29) is 5.97 Å². The fourth-order valence-corrected chi connectivity index (χ4v) is 5.65. The molecule has 3 fully saturated rings. The van der Waals surface area contributed by atoms with E-state index in [4.69, 9.17) is 9.47 Å². The molecule has 1 heterocycles. The van der Waals surface area contributed by atoms with Gasteiger partial charge in [0, 0.05) is 13.0 Å². The lowest BCUT2D eigenvalue weighted by Crippen LogP contribution is -2.37. The van der Waals surface area contributed by atoms with Crippen molar-refractivity contribution >= 4 is 5.97 Å². The van der Waals surface area contributed by atoms with Crippen LogP contribution in [0.1, 0.15) is 90.4 Å². The minimum atomic E-state index is -0.0247. The summed E-state index contributed by atoms with van der Waals surface area (Å²) >= 11 is 0. The molecule has 4 nitrogen and oxygen atoms in total. The van der Waals surface area contributed by atoms with Crippen molar-refractivity contribution in [2.75, 3.05) is 32.8 Å². The minimum Gasteiger partial charge on any atom is -0.466 e. The van der Waals surface area contributed by atoms with Crippen LogP contribution in [-0.4, -0.2) is 49.8 Å². The molecule has 3 rings (SSSR count). The Labute approximate surface area is 172 Å². The highest BCUT2D eigenvalue weighted by atomic mass is 16.5. The van der Waals surface area contributed by atoms with Crippen molar-refractivity contribution < 1.29 is 14.3 Å². The van der Waals surface area contributed by atoms with E-state index >= 15 is 0 Å². The quantitative estimate of drug-likeness (QED) is 0.505. The molecule has 0 aromatic rings. The monoisotopic (exact) mass is 393 g/mol. The van der Waals surface area contributed by atoms with Crippen LogP contribution in [0.15, 0.2) is 0 Å². The van der Waals surface area contributed by atoms with Gasteiger partial charge in [-0.3, -0.25) is 4.79 Å². The number of piperidine rings is 1. The van der Waals surface area contributed by atoms with Gasteiger partial charge in [0.25, 0.3) is 0 Å². The lowest BCUT2D eigenvalue weighted by molar-refractivity contribution is -0.144. The van der Waals surface area contributed by atoms with Gasteiger partial charge in [0.2, 0.25) is 0 Å². The van der Waals surface area contributed by atoms with Crippen molar-refractivity contribution in [3.8, 4) is 0 Å². The lowest BCUT2D eigenvalue weighted by Gasteiger charge is -2.34. The number of carbonyl (C=O) groups is 1. The topological polar surface area (TPSA) is 38.8 Å². The fraction of sp³-hybridized carbons (Fsp3) is 0.958. The molecular formula is C24H43NO3. The SMILES string of the molecule is CCOC(=O)CC1CCN(CCOC2CCC(CC3CCCCC3)CC2)CC1. The highest BCUT2D eigenvalue weighted by Crippen LogP contribution is 2.35. The predicted octanol–water partition coefficient (Wildman–Crippen LogP) is 5.20. The van der Waals surface area contributed by atoms with Crippen molar-refractivity contribution in [3.63, 3.8) is 0 Å². The van der Waals surface area contributed by atoms with Gasteiger partial charge in [-0.25, -0.2) is 0 Å². The normalized spacial score (nSPS) is 28.3. The van der Waals surface area contributed by atoms with E-state index in [1.807, 2.05) is 6.92 Å². The van der Waals surface area contributed by atoms with E-state index in [0.29, 0.717) is 25.0 Å². The average molecular weight is 394 g/mol. The fourth-order valence-electron chi connectivity index (χ4n) is 5.65. The molecule has 0 N–H and O–H groups in total. The first-order valence-corrected chi connectivity index (χ1v) is 12.2. The van der Waals surface area contributed by atoms with E-state index in [2.05, 4.69) is 4.90 Å². The first-order valence-electron chi connectivity index (χ1n) is 12.2. The Hall–Kier alpha value is -0.610. The third-order valence-electron chi connectivity index (χ3n) is 7.41. The third-order valence-corrected chi connectivity index (χ3v) is 7.41. The summed E-state index contributed by atoms with van der Waals surface area (Å²) in [6, 6.07) is 0. The van der Waals surface area contributed by atoms with Gasteiger partial charge in [0.15, 0.2) is 0 Å². The lowest BCUT2D eigenvalue weighted by atomic mass is 9.77. The van der Waals surface area contributed by atoms with Gasteiger partial charge in [-0.2, -0.15) is 0 Å². The molecule has 2 saturated carbocycles. The summed E-state index contributed by atoms with van der Waals surface area (Å²) in [5.74, 6) is 2.49. The number of ether oxygens (including phenoxy) is 2. The second kappa shape index (κ2) is 12.2. The van der Waals surface area contributed by atoms with Crippen LogP contribution < -0.4 is 0 Å². The smallest absolute Gasteiger partial charge is 0.306 e. The molecule has 0 bridgehead atoms. The molecular weight excluding hydrogens is 350 g/mol. The number of hydrogen-bond acceptors (Lipinski definition) is 4. The van der Waals surface area contributed by atoms with Crippen LogP contribution in [0.3, 0.4) is 0 Å². The molecule has 3 aliphatic rings. The van der Waals surface area contributed by atoms with Crippen molar-refractivity contribution in [1.82, 2.24) is 4.90 Å². The van der Waals surface area contributed by atoms with Crippen molar-refractivity contribution in [2.24, 2.45) is 17.8 Å². The summed E-state index contributed by atoms with van der Waals surface area (Å²) in [6.45, 7) is 6.50. The highest BCUT2D eigenvalue weighted by Gasteiger charge is 2.26. The number of esters is 1. The maximum absolute atomic E-state index is 11.6. The second-order valence-corrected chi connectivity index (χ2v) is 9.55. The Balaban J connectivity index is 1.21. The molecule has 0 aromatic heterocycles. The van der Waals surface area contributed by atoms with E-state index in [1.54, 1.807) is 0 Å². The van der Waals surface area contributed by atoms with Crippen LogP contribution in [0.25, 0.3) is 0 Å². The van der Waals surface area contributed by atoms with Crippen LogP contribution in [0, 0.1) is 17.8 Å². The Kier molecular flexibility index (Phi) is 9.60. The van der Waals surface area contributed by atoms with Crippen LogP contribution in [-0.2, 0) is 14.3 Å². The van der Waals surface area contributed by atoms with Crippen LogP contribution >= 0.6 is 0 Å². The number of likely N-dealkylation sites (tertiary alicyclic amines) is 1. The van der Waals surface area contributed by atoms with Gasteiger partial charge in [0.1, 0.15) is 0 Å².